The fourth-order valence-corrected chi connectivity index (χ4v) is 1.58. The summed E-state index contributed by atoms with van der Waals surface area (Å²) in [5.41, 5.74) is 0.391. The largest absolute Gasteiger partial charge is 0.420 e. The van der Waals surface area contributed by atoms with E-state index in [2.05, 4.69) is 4.74 Å². The minimum Gasteiger partial charge on any atom is -0.420 e. The van der Waals surface area contributed by atoms with Gasteiger partial charge >= 0.3 is 5.97 Å². The van der Waals surface area contributed by atoms with Crippen molar-refractivity contribution in [2.24, 2.45) is 0 Å². The molecule has 0 unspecified atom stereocenters. The van der Waals surface area contributed by atoms with Crippen LogP contribution in [-0.2, 0) is 11.2 Å². The van der Waals surface area contributed by atoms with Gasteiger partial charge < -0.3 is 4.74 Å². The lowest BCUT2D eigenvalue weighted by atomic mass is 10.2. The van der Waals surface area contributed by atoms with E-state index in [9.17, 15) is 31.5 Å². The molecule has 112 valence electrons. The fraction of sp³-hybridized carbons (Fsp3) is 0.231. The van der Waals surface area contributed by atoms with Crippen molar-refractivity contribution in [3.8, 4) is 5.75 Å². The molecular weight excluding hydrogens is 299 g/mol. The summed E-state index contributed by atoms with van der Waals surface area (Å²) in [6.45, 7) is 0. The Morgan fingerprint density at radius 1 is 0.952 bits per heavy atom. The molecule has 3 nitrogen and oxygen atoms in total. The predicted octanol–water partition coefficient (Wildman–Crippen LogP) is 2.55. The monoisotopic (exact) mass is 306 g/mol. The van der Waals surface area contributed by atoms with Crippen LogP contribution in [0.2, 0.25) is 0 Å². The van der Waals surface area contributed by atoms with Crippen molar-refractivity contribution in [1.29, 1.82) is 0 Å². The second-order valence-corrected chi connectivity index (χ2v) is 4.26. The average Bonchev–Trinajstić information content (AvgIpc) is 3.15. The van der Waals surface area contributed by atoms with Gasteiger partial charge in [-0.05, 0) is 18.9 Å². The minimum absolute atomic E-state index is 0.136. The summed E-state index contributed by atoms with van der Waals surface area (Å²) < 4.78 is 69.1. The van der Waals surface area contributed by atoms with Gasteiger partial charge in [0.05, 0.1) is 0 Å². The molecule has 0 atom stereocenters. The number of halogens is 5. The Hall–Kier alpha value is -2.25. The maximum atomic E-state index is 13.2. The van der Waals surface area contributed by atoms with Crippen LogP contribution in [0.25, 0.3) is 0 Å². The summed E-state index contributed by atoms with van der Waals surface area (Å²) in [6, 6.07) is 1.36. The predicted molar refractivity (Wildman–Crippen MR) is 59.9 cm³/mol. The molecule has 0 aliphatic carbocycles. The third-order valence-electron chi connectivity index (χ3n) is 2.75. The highest BCUT2D eigenvalue weighted by atomic mass is 19.2. The topological polar surface area (TPSA) is 43.4 Å². The van der Waals surface area contributed by atoms with Crippen LogP contribution < -0.4 is 10.2 Å². The summed E-state index contributed by atoms with van der Waals surface area (Å²) in [7, 11) is 0. The first-order valence-electron chi connectivity index (χ1n) is 5.80. The summed E-state index contributed by atoms with van der Waals surface area (Å²) >= 11 is 0. The Kier molecular flexibility index (Phi) is 4.06. The van der Waals surface area contributed by atoms with E-state index in [1.165, 1.54) is 6.07 Å². The normalized spacial score (nSPS) is 11.1. The highest BCUT2D eigenvalue weighted by Crippen LogP contribution is 2.29. The molecule has 0 spiro atoms. The van der Waals surface area contributed by atoms with Gasteiger partial charge in [0, 0.05) is 12.0 Å². The van der Waals surface area contributed by atoms with Gasteiger partial charge in [-0.1, -0.05) is 0 Å². The molecule has 2 aromatic rings. The highest BCUT2D eigenvalue weighted by Gasteiger charge is 2.28. The lowest BCUT2D eigenvalue weighted by Crippen LogP contribution is -2.13. The van der Waals surface area contributed by atoms with E-state index < -0.39 is 40.8 Å². The van der Waals surface area contributed by atoms with Gasteiger partial charge in [-0.3, -0.25) is 9.59 Å². The molecular formula is C13H7F5O3. The number of ether oxygens (including phenoxy) is 1. The van der Waals surface area contributed by atoms with Gasteiger partial charge in [0.25, 0.3) is 0 Å². The highest BCUT2D eigenvalue weighted by molar-refractivity contribution is 5.72. The van der Waals surface area contributed by atoms with Gasteiger partial charge in [-0.2, -0.15) is 8.78 Å². The first-order valence-corrected chi connectivity index (χ1v) is 5.80. The Balaban J connectivity index is 2.05. The van der Waals surface area contributed by atoms with Crippen LogP contribution in [0.5, 0.6) is 5.75 Å². The standard InChI is InChI=1S/C13H7F5O3/c14-8-9(15)11(17)13(12(18)10(8)16)21-7(20)3-1-2-5-4-6(5)19/h4H,1-3H2. The van der Waals surface area contributed by atoms with Crippen molar-refractivity contribution in [3.05, 3.63) is 50.9 Å². The van der Waals surface area contributed by atoms with E-state index in [0.717, 1.165) is 0 Å². The summed E-state index contributed by atoms with van der Waals surface area (Å²) in [6.07, 6.45) is 0.112. The molecule has 0 aliphatic heterocycles. The minimum atomic E-state index is -2.33. The SMILES string of the molecule is O=C(CCCc1cc1=O)Oc1c(F)c(F)c(F)c(F)c1F. The van der Waals surface area contributed by atoms with E-state index in [-0.39, 0.29) is 24.7 Å². The number of hydrogen-bond acceptors (Lipinski definition) is 3. The number of benzene rings is 1. The molecule has 2 aromatic carbocycles. The Labute approximate surface area is 114 Å². The second-order valence-electron chi connectivity index (χ2n) is 4.26. The van der Waals surface area contributed by atoms with Gasteiger partial charge in [0.2, 0.25) is 34.8 Å². The van der Waals surface area contributed by atoms with Gasteiger partial charge in [0.1, 0.15) is 0 Å². The van der Waals surface area contributed by atoms with Crippen molar-refractivity contribution >= 4 is 5.97 Å². The molecule has 0 saturated carbocycles. The maximum absolute atomic E-state index is 13.2. The Morgan fingerprint density at radius 2 is 1.43 bits per heavy atom. The number of esters is 1. The molecule has 0 aromatic heterocycles. The molecule has 21 heavy (non-hydrogen) atoms. The number of carbonyl (C=O) groups is 1. The molecule has 0 radical (unpaired) electrons. The van der Waals surface area contributed by atoms with Crippen molar-refractivity contribution in [2.75, 3.05) is 0 Å². The van der Waals surface area contributed by atoms with Gasteiger partial charge in [-0.25, -0.2) is 13.2 Å². The molecule has 0 aliphatic rings. The van der Waals surface area contributed by atoms with Crippen LogP contribution >= 0.6 is 0 Å². The first kappa shape index (κ1) is 15.1. The van der Waals surface area contributed by atoms with E-state index in [0.29, 0.717) is 5.56 Å². The summed E-state index contributed by atoms with van der Waals surface area (Å²) in [5.74, 6) is -13.9. The molecule has 0 fully saturated rings. The smallest absolute Gasteiger partial charge is 0.311 e. The average molecular weight is 306 g/mol. The van der Waals surface area contributed by atoms with Gasteiger partial charge in [0.15, 0.2) is 5.43 Å². The lowest BCUT2D eigenvalue weighted by molar-refractivity contribution is -0.134. The maximum Gasteiger partial charge on any atom is 0.311 e. The Morgan fingerprint density at radius 3 is 1.90 bits per heavy atom. The quantitative estimate of drug-likeness (QED) is 0.280. The first-order chi connectivity index (χ1) is 9.82. The molecule has 0 N–H and O–H groups in total. The number of rotatable bonds is 5. The van der Waals surface area contributed by atoms with E-state index in [4.69, 9.17) is 0 Å². The molecule has 2 rings (SSSR count). The zero-order valence-corrected chi connectivity index (χ0v) is 10.3. The van der Waals surface area contributed by atoms with Crippen molar-refractivity contribution in [1.82, 2.24) is 0 Å². The lowest BCUT2D eigenvalue weighted by Gasteiger charge is -2.08. The van der Waals surface area contributed by atoms with Crippen LogP contribution in [0.15, 0.2) is 10.9 Å². The zero-order chi connectivity index (χ0) is 15.7. The number of hydrogen-bond donors (Lipinski definition) is 0. The van der Waals surface area contributed by atoms with Crippen molar-refractivity contribution in [3.63, 3.8) is 0 Å². The zero-order valence-electron chi connectivity index (χ0n) is 10.3. The van der Waals surface area contributed by atoms with Crippen LogP contribution in [0, 0.1) is 29.1 Å². The molecule has 0 heterocycles. The molecule has 0 amide bonds. The summed E-state index contributed by atoms with van der Waals surface area (Å²) in [4.78, 5) is 21.9. The van der Waals surface area contributed by atoms with E-state index >= 15 is 0 Å². The molecule has 0 bridgehead atoms. The van der Waals surface area contributed by atoms with Crippen molar-refractivity contribution in [2.45, 2.75) is 19.3 Å². The van der Waals surface area contributed by atoms with Gasteiger partial charge in [-0.15, -0.1) is 0 Å². The van der Waals surface area contributed by atoms with Crippen LogP contribution in [0.1, 0.15) is 18.4 Å². The third-order valence-corrected chi connectivity index (χ3v) is 2.75. The Bertz CT molecular complexity index is 687. The second kappa shape index (κ2) is 5.63. The van der Waals surface area contributed by atoms with E-state index in [1.54, 1.807) is 0 Å². The van der Waals surface area contributed by atoms with Crippen molar-refractivity contribution < 1.29 is 31.5 Å². The van der Waals surface area contributed by atoms with E-state index in [1.807, 2.05) is 0 Å². The number of aryl methyl sites for hydroxylation is 1. The van der Waals surface area contributed by atoms with Crippen LogP contribution in [0.4, 0.5) is 22.0 Å². The third kappa shape index (κ3) is 3.09. The molecule has 8 heteroatoms. The van der Waals surface area contributed by atoms with Crippen LogP contribution in [0.3, 0.4) is 0 Å². The van der Waals surface area contributed by atoms with Crippen LogP contribution in [-0.4, -0.2) is 5.97 Å². The number of carbonyl (C=O) groups excluding carboxylic acids is 1. The molecule has 0 saturated heterocycles. The fourth-order valence-electron chi connectivity index (χ4n) is 1.58. The summed E-state index contributed by atoms with van der Waals surface area (Å²) in [5, 5.41) is 0.